The number of piperidine rings is 1. The van der Waals surface area contributed by atoms with Crippen molar-refractivity contribution in [1.82, 2.24) is 9.88 Å². The zero-order chi connectivity index (χ0) is 13.4. The number of carbonyl (C=O) groups excluding carboxylic acids is 1. The van der Waals surface area contributed by atoms with E-state index in [4.69, 9.17) is 0 Å². The number of halogens is 1. The fourth-order valence-electron chi connectivity index (χ4n) is 2.42. The second-order valence-corrected chi connectivity index (χ2v) is 4.96. The number of benzene rings is 1. The molecule has 98 valence electrons. The van der Waals surface area contributed by atoms with Gasteiger partial charge in [-0.15, -0.1) is 0 Å². The van der Waals surface area contributed by atoms with Gasteiger partial charge in [0.15, 0.2) is 0 Å². The Labute approximate surface area is 110 Å². The molecule has 1 N–H and O–H groups in total. The van der Waals surface area contributed by atoms with Gasteiger partial charge in [-0.3, -0.25) is 4.79 Å². The Kier molecular flexibility index (Phi) is 2.85. The Morgan fingerprint density at radius 3 is 2.74 bits per heavy atom. The summed E-state index contributed by atoms with van der Waals surface area (Å²) in [7, 11) is 0. The highest BCUT2D eigenvalue weighted by atomic mass is 19.1. The van der Waals surface area contributed by atoms with Crippen LogP contribution in [0.1, 0.15) is 23.3 Å². The quantitative estimate of drug-likeness (QED) is 0.784. The molecule has 0 aliphatic carbocycles. The summed E-state index contributed by atoms with van der Waals surface area (Å²) < 4.78 is 13.1. The van der Waals surface area contributed by atoms with Crippen LogP contribution < -0.4 is 0 Å². The maximum absolute atomic E-state index is 13.1. The highest BCUT2D eigenvalue weighted by Crippen LogP contribution is 2.20. The van der Waals surface area contributed by atoms with E-state index in [1.54, 1.807) is 12.1 Å². The molecule has 0 bridgehead atoms. The summed E-state index contributed by atoms with van der Waals surface area (Å²) in [5, 5.41) is 0.727. The van der Waals surface area contributed by atoms with Crippen molar-refractivity contribution in [2.24, 2.45) is 0 Å². The van der Waals surface area contributed by atoms with Crippen LogP contribution >= 0.6 is 0 Å². The van der Waals surface area contributed by atoms with Crippen LogP contribution in [0.25, 0.3) is 10.9 Å². The summed E-state index contributed by atoms with van der Waals surface area (Å²) in [5.41, 5.74) is 2.50. The summed E-state index contributed by atoms with van der Waals surface area (Å²) in [4.78, 5) is 17.2. The van der Waals surface area contributed by atoms with Crippen LogP contribution in [0.4, 0.5) is 4.39 Å². The fourth-order valence-corrected chi connectivity index (χ4v) is 2.42. The van der Waals surface area contributed by atoms with Crippen LogP contribution in [0, 0.1) is 5.82 Å². The summed E-state index contributed by atoms with van der Waals surface area (Å²) in [5.74, 6) is -0.316. The lowest BCUT2D eigenvalue weighted by molar-refractivity contribution is 0.0739. The van der Waals surface area contributed by atoms with Crippen LogP contribution in [0.15, 0.2) is 36.4 Å². The van der Waals surface area contributed by atoms with Crippen LogP contribution in [-0.4, -0.2) is 28.9 Å². The molecule has 0 radical (unpaired) electrons. The smallest absolute Gasteiger partial charge is 0.270 e. The third-order valence-corrected chi connectivity index (χ3v) is 3.57. The number of aromatic amines is 1. The molecule has 4 heteroatoms. The van der Waals surface area contributed by atoms with Gasteiger partial charge < -0.3 is 9.88 Å². The van der Waals surface area contributed by atoms with Crippen molar-refractivity contribution in [3.05, 3.63) is 47.9 Å². The SMILES string of the molecule is C=C1CCN(C(=O)c2cc3cc(F)ccc3[nH]2)CC1. The van der Waals surface area contributed by atoms with Crippen LogP contribution in [0.5, 0.6) is 0 Å². The molecular formula is C15H15FN2O. The van der Waals surface area contributed by atoms with Crippen LogP contribution in [-0.2, 0) is 0 Å². The third kappa shape index (κ3) is 2.26. The predicted molar refractivity (Wildman–Crippen MR) is 72.5 cm³/mol. The number of H-pyrrole nitrogens is 1. The number of carbonyl (C=O) groups is 1. The van der Waals surface area contributed by atoms with Crippen molar-refractivity contribution in [1.29, 1.82) is 0 Å². The zero-order valence-corrected chi connectivity index (χ0v) is 10.6. The molecule has 19 heavy (non-hydrogen) atoms. The molecule has 1 aliphatic heterocycles. The number of likely N-dealkylation sites (tertiary alicyclic amines) is 1. The molecule has 0 atom stereocenters. The molecule has 1 fully saturated rings. The molecule has 0 saturated carbocycles. The fraction of sp³-hybridized carbons (Fsp3) is 0.267. The number of nitrogens with one attached hydrogen (secondary N) is 1. The topological polar surface area (TPSA) is 36.1 Å². The van der Waals surface area contributed by atoms with Crippen molar-refractivity contribution in [2.75, 3.05) is 13.1 Å². The normalized spacial score (nSPS) is 16.1. The van der Waals surface area contributed by atoms with E-state index >= 15 is 0 Å². The number of rotatable bonds is 1. The van der Waals surface area contributed by atoms with E-state index in [1.165, 1.54) is 17.7 Å². The van der Waals surface area contributed by atoms with Gasteiger partial charge in [0.1, 0.15) is 11.5 Å². The van der Waals surface area contributed by atoms with E-state index in [9.17, 15) is 9.18 Å². The van der Waals surface area contributed by atoms with Crippen LogP contribution in [0.2, 0.25) is 0 Å². The monoisotopic (exact) mass is 258 g/mol. The predicted octanol–water partition coefficient (Wildman–Crippen LogP) is 3.10. The molecule has 2 heterocycles. The lowest BCUT2D eigenvalue weighted by Crippen LogP contribution is -2.36. The average Bonchev–Trinajstić information content (AvgIpc) is 2.81. The minimum absolute atomic E-state index is 0.0240. The van der Waals surface area contributed by atoms with E-state index in [0.29, 0.717) is 18.8 Å². The van der Waals surface area contributed by atoms with Crippen molar-refractivity contribution in [3.63, 3.8) is 0 Å². The number of fused-ring (bicyclic) bond motifs is 1. The molecule has 1 aliphatic rings. The van der Waals surface area contributed by atoms with E-state index in [1.807, 2.05) is 4.90 Å². The van der Waals surface area contributed by atoms with Crippen LogP contribution in [0.3, 0.4) is 0 Å². The Bertz CT molecular complexity index is 649. The molecular weight excluding hydrogens is 243 g/mol. The van der Waals surface area contributed by atoms with Crippen molar-refractivity contribution in [2.45, 2.75) is 12.8 Å². The van der Waals surface area contributed by atoms with Gasteiger partial charge in [0.25, 0.3) is 5.91 Å². The number of nitrogens with zero attached hydrogens (tertiary/aromatic N) is 1. The van der Waals surface area contributed by atoms with Gasteiger partial charge in [-0.25, -0.2) is 4.39 Å². The number of hydrogen-bond donors (Lipinski definition) is 1. The Morgan fingerprint density at radius 2 is 2.00 bits per heavy atom. The van der Waals surface area contributed by atoms with Gasteiger partial charge in [-0.1, -0.05) is 12.2 Å². The molecule has 3 nitrogen and oxygen atoms in total. The number of hydrogen-bond acceptors (Lipinski definition) is 1. The van der Waals surface area contributed by atoms with Crippen molar-refractivity contribution in [3.8, 4) is 0 Å². The maximum Gasteiger partial charge on any atom is 0.270 e. The number of aromatic nitrogens is 1. The minimum atomic E-state index is -0.292. The summed E-state index contributed by atoms with van der Waals surface area (Å²) in [6.07, 6.45) is 1.72. The molecule has 1 aromatic carbocycles. The molecule has 1 saturated heterocycles. The average molecular weight is 258 g/mol. The number of amides is 1. The van der Waals surface area contributed by atoms with Crippen molar-refractivity contribution >= 4 is 16.8 Å². The second kappa shape index (κ2) is 4.53. The molecule has 1 aromatic heterocycles. The summed E-state index contributed by atoms with van der Waals surface area (Å²) >= 11 is 0. The minimum Gasteiger partial charge on any atom is -0.351 e. The zero-order valence-electron chi connectivity index (χ0n) is 10.6. The lowest BCUT2D eigenvalue weighted by Gasteiger charge is -2.27. The highest BCUT2D eigenvalue weighted by Gasteiger charge is 2.20. The van der Waals surface area contributed by atoms with E-state index in [2.05, 4.69) is 11.6 Å². The molecule has 2 aromatic rings. The lowest BCUT2D eigenvalue weighted by atomic mass is 10.1. The standard InChI is InChI=1S/C15H15FN2O/c1-10-4-6-18(7-5-10)15(19)14-9-11-8-12(16)2-3-13(11)17-14/h2-3,8-9,17H,1,4-7H2. The van der Waals surface area contributed by atoms with Gasteiger partial charge in [0.05, 0.1) is 0 Å². The van der Waals surface area contributed by atoms with Gasteiger partial charge in [-0.2, -0.15) is 0 Å². The first-order valence-electron chi connectivity index (χ1n) is 6.38. The van der Waals surface area contributed by atoms with E-state index in [-0.39, 0.29) is 11.7 Å². The van der Waals surface area contributed by atoms with Gasteiger partial charge in [0.2, 0.25) is 0 Å². The van der Waals surface area contributed by atoms with Gasteiger partial charge in [0, 0.05) is 24.0 Å². The Hall–Kier alpha value is -2.10. The largest absolute Gasteiger partial charge is 0.351 e. The first-order valence-corrected chi connectivity index (χ1v) is 6.38. The Morgan fingerprint density at radius 1 is 1.26 bits per heavy atom. The molecule has 3 rings (SSSR count). The molecule has 1 amide bonds. The highest BCUT2D eigenvalue weighted by molar-refractivity contribution is 5.98. The Balaban J connectivity index is 1.87. The van der Waals surface area contributed by atoms with Gasteiger partial charge >= 0.3 is 0 Å². The third-order valence-electron chi connectivity index (χ3n) is 3.57. The van der Waals surface area contributed by atoms with Gasteiger partial charge in [-0.05, 0) is 37.1 Å². The van der Waals surface area contributed by atoms with E-state index < -0.39 is 0 Å². The molecule has 0 spiro atoms. The second-order valence-electron chi connectivity index (χ2n) is 4.96. The maximum atomic E-state index is 13.1. The molecule has 0 unspecified atom stereocenters. The van der Waals surface area contributed by atoms with Crippen molar-refractivity contribution < 1.29 is 9.18 Å². The summed E-state index contributed by atoms with van der Waals surface area (Å²) in [6, 6.07) is 6.18. The first kappa shape index (κ1) is 12.0. The first-order chi connectivity index (χ1) is 9.13. The van der Waals surface area contributed by atoms with E-state index in [0.717, 1.165) is 23.7 Å². The summed E-state index contributed by atoms with van der Waals surface area (Å²) in [6.45, 7) is 5.36.